The topological polar surface area (TPSA) is 35.6 Å². The van der Waals surface area contributed by atoms with Gasteiger partial charge in [-0.2, -0.15) is 0 Å². The van der Waals surface area contributed by atoms with Crippen molar-refractivity contribution in [2.45, 2.75) is 27.7 Å². The second kappa shape index (κ2) is 8.90. The Labute approximate surface area is 134 Å². The van der Waals surface area contributed by atoms with Gasteiger partial charge in [-0.3, -0.25) is 0 Å². The van der Waals surface area contributed by atoms with Gasteiger partial charge in [-0.15, -0.1) is 12.4 Å². The van der Waals surface area contributed by atoms with Crippen molar-refractivity contribution in [3.8, 4) is 0 Å². The van der Waals surface area contributed by atoms with Gasteiger partial charge in [0.25, 0.3) is 0 Å². The van der Waals surface area contributed by atoms with E-state index in [-0.39, 0.29) is 18.4 Å². The van der Waals surface area contributed by atoms with Crippen molar-refractivity contribution in [2.24, 2.45) is 0 Å². The van der Waals surface area contributed by atoms with E-state index in [4.69, 9.17) is 0 Å². The second-order valence-corrected chi connectivity index (χ2v) is 5.59. The van der Waals surface area contributed by atoms with Crippen LogP contribution in [0.2, 0.25) is 0 Å². The molecular weight excluding hydrogens is 286 g/mol. The first kappa shape index (κ1) is 19.7. The molecule has 0 heterocycles. The molecule has 0 radical (unpaired) electrons. The van der Waals surface area contributed by atoms with E-state index in [1.54, 1.807) is 0 Å². The Hall–Kier alpha value is -1.26. The fourth-order valence-electron chi connectivity index (χ4n) is 2.29. The summed E-state index contributed by atoms with van der Waals surface area (Å²) in [5, 5.41) is 3.05. The standard InChI is InChI=1S/C16H27N3O.ClH/c1-7-19(9-8-18(5)6)16(20)17-15-13(3)10-12(2)11-14(15)4;/h10-11H,7-9H2,1-6H3,(H,17,20);1H. The molecule has 1 aromatic carbocycles. The van der Waals surface area contributed by atoms with Crippen molar-refractivity contribution < 1.29 is 4.79 Å². The molecule has 0 saturated heterocycles. The van der Waals surface area contributed by atoms with Crippen molar-refractivity contribution in [3.63, 3.8) is 0 Å². The van der Waals surface area contributed by atoms with E-state index in [0.717, 1.165) is 29.9 Å². The van der Waals surface area contributed by atoms with Gasteiger partial charge in [0.2, 0.25) is 0 Å². The van der Waals surface area contributed by atoms with Gasteiger partial charge in [-0.1, -0.05) is 17.7 Å². The Morgan fingerprint density at radius 3 is 2.05 bits per heavy atom. The molecule has 1 N–H and O–H groups in total. The summed E-state index contributed by atoms with van der Waals surface area (Å²) in [4.78, 5) is 16.3. The van der Waals surface area contributed by atoms with Gasteiger partial charge in [0, 0.05) is 25.3 Å². The van der Waals surface area contributed by atoms with E-state index >= 15 is 0 Å². The summed E-state index contributed by atoms with van der Waals surface area (Å²) in [7, 11) is 4.03. The van der Waals surface area contributed by atoms with Crippen LogP contribution in [0, 0.1) is 20.8 Å². The minimum absolute atomic E-state index is 0. The van der Waals surface area contributed by atoms with Crippen molar-refractivity contribution in [3.05, 3.63) is 28.8 Å². The maximum absolute atomic E-state index is 12.3. The number of urea groups is 1. The maximum Gasteiger partial charge on any atom is 0.321 e. The molecule has 0 aliphatic carbocycles. The number of benzene rings is 1. The molecule has 0 spiro atoms. The highest BCUT2D eigenvalue weighted by molar-refractivity contribution is 5.91. The zero-order chi connectivity index (χ0) is 15.3. The number of hydrogen-bond donors (Lipinski definition) is 1. The summed E-state index contributed by atoms with van der Waals surface area (Å²) in [6.07, 6.45) is 0. The summed E-state index contributed by atoms with van der Waals surface area (Å²) < 4.78 is 0. The number of carbonyl (C=O) groups excluding carboxylic acids is 1. The van der Waals surface area contributed by atoms with E-state index in [1.165, 1.54) is 5.56 Å². The predicted molar refractivity (Wildman–Crippen MR) is 92.7 cm³/mol. The van der Waals surface area contributed by atoms with Gasteiger partial charge in [0.05, 0.1) is 0 Å². The van der Waals surface area contributed by atoms with Crippen LogP contribution in [0.15, 0.2) is 12.1 Å². The van der Waals surface area contributed by atoms with Gasteiger partial charge >= 0.3 is 6.03 Å². The van der Waals surface area contributed by atoms with E-state index in [1.807, 2.05) is 39.8 Å². The third kappa shape index (κ3) is 5.94. The summed E-state index contributed by atoms with van der Waals surface area (Å²) in [5.41, 5.74) is 4.38. The lowest BCUT2D eigenvalue weighted by atomic mass is 10.1. The average Bonchev–Trinajstić information content (AvgIpc) is 2.34. The second-order valence-electron chi connectivity index (χ2n) is 5.59. The molecule has 21 heavy (non-hydrogen) atoms. The molecule has 4 nitrogen and oxygen atoms in total. The third-order valence-corrected chi connectivity index (χ3v) is 3.40. The third-order valence-electron chi connectivity index (χ3n) is 3.40. The molecule has 0 fully saturated rings. The van der Waals surface area contributed by atoms with Crippen LogP contribution in [0.4, 0.5) is 10.5 Å². The Balaban J connectivity index is 0.00000400. The molecule has 0 aliphatic rings. The molecule has 0 unspecified atom stereocenters. The van der Waals surface area contributed by atoms with Gasteiger partial charge in [-0.05, 0) is 52.9 Å². The molecule has 0 saturated carbocycles. The van der Waals surface area contributed by atoms with E-state index in [2.05, 4.69) is 29.3 Å². The van der Waals surface area contributed by atoms with Gasteiger partial charge in [-0.25, -0.2) is 4.79 Å². The van der Waals surface area contributed by atoms with E-state index in [0.29, 0.717) is 6.54 Å². The zero-order valence-corrected chi connectivity index (χ0v) is 14.8. The number of likely N-dealkylation sites (N-methyl/N-ethyl adjacent to an activating group) is 2. The average molecular weight is 314 g/mol. The van der Waals surface area contributed by atoms with Crippen molar-refractivity contribution in [1.29, 1.82) is 0 Å². The molecule has 1 rings (SSSR count). The van der Waals surface area contributed by atoms with E-state index in [9.17, 15) is 4.79 Å². The first-order chi connectivity index (χ1) is 9.35. The van der Waals surface area contributed by atoms with Gasteiger partial charge in [0.15, 0.2) is 0 Å². The predicted octanol–water partition coefficient (Wildman–Crippen LogP) is 3.45. The van der Waals surface area contributed by atoms with Crippen molar-refractivity contribution >= 4 is 24.1 Å². The quantitative estimate of drug-likeness (QED) is 0.903. The molecule has 0 aromatic heterocycles. The molecule has 120 valence electrons. The van der Waals surface area contributed by atoms with Crippen LogP contribution in [0.25, 0.3) is 0 Å². The smallest absolute Gasteiger partial charge is 0.321 e. The monoisotopic (exact) mass is 313 g/mol. The number of rotatable bonds is 5. The Bertz CT molecular complexity index is 452. The number of aryl methyl sites for hydroxylation is 3. The van der Waals surface area contributed by atoms with Crippen LogP contribution in [0.1, 0.15) is 23.6 Å². The molecule has 0 bridgehead atoms. The normalized spacial score (nSPS) is 10.2. The first-order valence-electron chi connectivity index (χ1n) is 7.13. The number of halogens is 1. The van der Waals surface area contributed by atoms with Gasteiger partial charge in [0.1, 0.15) is 0 Å². The lowest BCUT2D eigenvalue weighted by Gasteiger charge is -2.24. The fraction of sp³-hybridized carbons (Fsp3) is 0.562. The highest BCUT2D eigenvalue weighted by atomic mass is 35.5. The van der Waals surface area contributed by atoms with Crippen molar-refractivity contribution in [2.75, 3.05) is 39.0 Å². The summed E-state index contributed by atoms with van der Waals surface area (Å²) in [6, 6.07) is 4.17. The SMILES string of the molecule is CCN(CCN(C)C)C(=O)Nc1c(C)cc(C)cc1C.Cl. The molecule has 0 aliphatic heterocycles. The fourth-order valence-corrected chi connectivity index (χ4v) is 2.29. The van der Waals surface area contributed by atoms with Crippen LogP contribution in [-0.4, -0.2) is 49.6 Å². The Kier molecular flexibility index (Phi) is 8.37. The van der Waals surface area contributed by atoms with Crippen LogP contribution in [0.3, 0.4) is 0 Å². The Morgan fingerprint density at radius 2 is 1.62 bits per heavy atom. The number of nitrogens with one attached hydrogen (secondary N) is 1. The zero-order valence-electron chi connectivity index (χ0n) is 14.0. The number of anilines is 1. The van der Waals surface area contributed by atoms with Crippen LogP contribution < -0.4 is 5.32 Å². The highest BCUT2D eigenvalue weighted by Gasteiger charge is 2.14. The maximum atomic E-state index is 12.3. The van der Waals surface area contributed by atoms with Crippen LogP contribution in [-0.2, 0) is 0 Å². The summed E-state index contributed by atoms with van der Waals surface area (Å²) in [5.74, 6) is 0. The summed E-state index contributed by atoms with van der Waals surface area (Å²) >= 11 is 0. The minimum atomic E-state index is -0.0237. The number of carbonyl (C=O) groups is 1. The lowest BCUT2D eigenvalue weighted by Crippen LogP contribution is -2.39. The lowest BCUT2D eigenvalue weighted by molar-refractivity contribution is 0.208. The number of nitrogens with zero attached hydrogens (tertiary/aromatic N) is 2. The first-order valence-corrected chi connectivity index (χ1v) is 7.13. The number of amides is 2. The molecule has 2 amide bonds. The summed E-state index contributed by atoms with van der Waals surface area (Å²) in [6.45, 7) is 10.5. The molecular formula is C16H28ClN3O. The number of hydrogen-bond acceptors (Lipinski definition) is 2. The molecule has 1 aromatic rings. The van der Waals surface area contributed by atoms with Crippen LogP contribution in [0.5, 0.6) is 0 Å². The largest absolute Gasteiger partial charge is 0.324 e. The molecule has 0 atom stereocenters. The molecule has 5 heteroatoms. The van der Waals surface area contributed by atoms with Crippen molar-refractivity contribution in [1.82, 2.24) is 9.80 Å². The minimum Gasteiger partial charge on any atom is -0.324 e. The van der Waals surface area contributed by atoms with E-state index < -0.39 is 0 Å². The highest BCUT2D eigenvalue weighted by Crippen LogP contribution is 2.22. The van der Waals surface area contributed by atoms with Crippen LogP contribution >= 0.6 is 12.4 Å². The van der Waals surface area contributed by atoms with Gasteiger partial charge < -0.3 is 15.1 Å². The Morgan fingerprint density at radius 1 is 1.10 bits per heavy atom.